The summed E-state index contributed by atoms with van der Waals surface area (Å²) in [6, 6.07) is 64.8. The minimum atomic E-state index is -0.0445. The van der Waals surface area contributed by atoms with Gasteiger partial charge < -0.3 is 4.90 Å². The standard InChI is InChI=1S/C49H35NS/c1-49(2)43-20-9-6-17-39(43)42-31-36(28-30-44(42)49)50(45-21-10-7-16-37(45)32-13-4-3-5-14-32)35-26-23-33(24-27-35)38-19-12-15-34-25-29-41-40-18-8-11-22-46(40)51-48(41)47(34)38/h3-31H,1-2H3. The molecule has 0 aliphatic heterocycles. The Labute approximate surface area is 302 Å². The van der Waals surface area contributed by atoms with Crippen molar-refractivity contribution in [1.29, 1.82) is 0 Å². The summed E-state index contributed by atoms with van der Waals surface area (Å²) < 4.78 is 2.69. The number of hydrogen-bond acceptors (Lipinski definition) is 2. The number of fused-ring (bicyclic) bond motifs is 8. The van der Waals surface area contributed by atoms with E-state index in [1.54, 1.807) is 0 Å². The van der Waals surface area contributed by atoms with Crippen molar-refractivity contribution in [3.8, 4) is 33.4 Å². The van der Waals surface area contributed by atoms with Gasteiger partial charge in [0.15, 0.2) is 0 Å². The molecule has 8 aromatic carbocycles. The van der Waals surface area contributed by atoms with Crippen molar-refractivity contribution in [2.75, 3.05) is 4.90 Å². The van der Waals surface area contributed by atoms with Gasteiger partial charge in [-0.3, -0.25) is 0 Å². The predicted molar refractivity (Wildman–Crippen MR) is 220 cm³/mol. The van der Waals surface area contributed by atoms with Gasteiger partial charge in [0, 0.05) is 47.9 Å². The first-order chi connectivity index (χ1) is 25.1. The molecule has 1 aromatic heterocycles. The molecule has 0 fully saturated rings. The van der Waals surface area contributed by atoms with Crippen molar-refractivity contribution >= 4 is 59.3 Å². The van der Waals surface area contributed by atoms with Gasteiger partial charge in [-0.15, -0.1) is 11.3 Å². The van der Waals surface area contributed by atoms with Crippen LogP contribution in [0.5, 0.6) is 0 Å². The maximum Gasteiger partial charge on any atom is 0.0540 e. The highest BCUT2D eigenvalue weighted by molar-refractivity contribution is 7.26. The highest BCUT2D eigenvalue weighted by atomic mass is 32.1. The molecule has 9 aromatic rings. The van der Waals surface area contributed by atoms with Gasteiger partial charge in [0.1, 0.15) is 0 Å². The lowest BCUT2D eigenvalue weighted by Gasteiger charge is -2.29. The Morgan fingerprint density at radius 2 is 1.12 bits per heavy atom. The quantitative estimate of drug-likeness (QED) is 0.176. The molecule has 0 N–H and O–H groups in total. The largest absolute Gasteiger partial charge is 0.310 e. The number of hydrogen-bond donors (Lipinski definition) is 0. The minimum absolute atomic E-state index is 0.0445. The summed E-state index contributed by atoms with van der Waals surface area (Å²) in [5.74, 6) is 0. The van der Waals surface area contributed by atoms with E-state index in [0.717, 1.165) is 17.1 Å². The van der Waals surface area contributed by atoms with Gasteiger partial charge in [-0.25, -0.2) is 0 Å². The van der Waals surface area contributed by atoms with Crippen LogP contribution in [0.3, 0.4) is 0 Å². The molecule has 1 nitrogen and oxygen atoms in total. The molecule has 0 radical (unpaired) electrons. The highest BCUT2D eigenvalue weighted by Crippen LogP contribution is 2.51. The molecule has 2 heteroatoms. The van der Waals surface area contributed by atoms with E-state index in [4.69, 9.17) is 0 Å². The van der Waals surface area contributed by atoms with Gasteiger partial charge in [0.05, 0.1) is 5.69 Å². The Hall–Kier alpha value is -5.96. The van der Waals surface area contributed by atoms with Crippen molar-refractivity contribution < 1.29 is 0 Å². The SMILES string of the molecule is CC1(C)c2ccccc2-c2cc(N(c3ccc(-c4cccc5ccc6c7ccccc7sc6c45)cc3)c3ccccc3-c3ccccc3)ccc21. The molecule has 242 valence electrons. The number of rotatable bonds is 5. The van der Waals surface area contributed by atoms with E-state index >= 15 is 0 Å². The molecule has 1 aliphatic carbocycles. The molecule has 1 aliphatic rings. The maximum atomic E-state index is 2.44. The fourth-order valence-electron chi connectivity index (χ4n) is 8.39. The zero-order valence-electron chi connectivity index (χ0n) is 28.6. The first kappa shape index (κ1) is 29.9. The van der Waals surface area contributed by atoms with E-state index in [-0.39, 0.29) is 5.41 Å². The van der Waals surface area contributed by atoms with Crippen LogP contribution in [0.4, 0.5) is 17.1 Å². The molecule has 0 saturated carbocycles. The maximum absolute atomic E-state index is 2.44. The number of para-hydroxylation sites is 1. The second kappa shape index (κ2) is 11.6. The van der Waals surface area contributed by atoms with Crippen molar-refractivity contribution in [2.24, 2.45) is 0 Å². The van der Waals surface area contributed by atoms with Gasteiger partial charge in [0.2, 0.25) is 0 Å². The molecule has 0 amide bonds. The van der Waals surface area contributed by atoms with Crippen molar-refractivity contribution in [3.63, 3.8) is 0 Å². The smallest absolute Gasteiger partial charge is 0.0540 e. The van der Waals surface area contributed by atoms with Crippen LogP contribution in [0, 0.1) is 0 Å². The van der Waals surface area contributed by atoms with Crippen molar-refractivity contribution in [1.82, 2.24) is 0 Å². The Bertz CT molecular complexity index is 2770. The van der Waals surface area contributed by atoms with Crippen LogP contribution in [0.1, 0.15) is 25.0 Å². The van der Waals surface area contributed by atoms with Crippen LogP contribution in [-0.2, 0) is 5.41 Å². The third kappa shape index (κ3) is 4.67. The van der Waals surface area contributed by atoms with Gasteiger partial charge >= 0.3 is 0 Å². The summed E-state index contributed by atoms with van der Waals surface area (Å²) in [4.78, 5) is 2.44. The highest BCUT2D eigenvalue weighted by Gasteiger charge is 2.35. The summed E-state index contributed by atoms with van der Waals surface area (Å²) in [5.41, 5.74) is 13.7. The predicted octanol–water partition coefficient (Wildman–Crippen LogP) is 14.3. The second-order valence-corrected chi connectivity index (χ2v) is 15.2. The molecule has 51 heavy (non-hydrogen) atoms. The lowest BCUT2D eigenvalue weighted by atomic mass is 9.82. The Kier molecular flexibility index (Phi) is 6.78. The topological polar surface area (TPSA) is 3.24 Å². The first-order valence-corrected chi connectivity index (χ1v) is 18.5. The van der Waals surface area contributed by atoms with Crippen LogP contribution >= 0.6 is 11.3 Å². The van der Waals surface area contributed by atoms with E-state index in [9.17, 15) is 0 Å². The van der Waals surface area contributed by atoms with E-state index in [1.807, 2.05) is 11.3 Å². The third-order valence-electron chi connectivity index (χ3n) is 10.9. The summed E-state index contributed by atoms with van der Waals surface area (Å²) >= 11 is 1.90. The lowest BCUT2D eigenvalue weighted by molar-refractivity contribution is 0.660. The summed E-state index contributed by atoms with van der Waals surface area (Å²) in [6.45, 7) is 4.69. The van der Waals surface area contributed by atoms with Gasteiger partial charge in [-0.2, -0.15) is 0 Å². The average Bonchev–Trinajstić information content (AvgIpc) is 3.68. The van der Waals surface area contributed by atoms with Crippen LogP contribution in [-0.4, -0.2) is 0 Å². The van der Waals surface area contributed by atoms with Gasteiger partial charge in [-0.05, 0) is 80.7 Å². The molecule has 0 atom stereocenters. The summed E-state index contributed by atoms with van der Waals surface area (Å²) in [7, 11) is 0. The fraction of sp³-hybridized carbons (Fsp3) is 0.0612. The number of benzene rings is 8. The molecule has 0 saturated heterocycles. The molecule has 10 rings (SSSR count). The van der Waals surface area contributed by atoms with Crippen LogP contribution in [0.2, 0.25) is 0 Å². The summed E-state index contributed by atoms with van der Waals surface area (Å²) in [5, 5.41) is 5.26. The minimum Gasteiger partial charge on any atom is -0.310 e. The van der Waals surface area contributed by atoms with Crippen molar-refractivity contribution in [2.45, 2.75) is 19.3 Å². The number of nitrogens with zero attached hydrogens (tertiary/aromatic N) is 1. The second-order valence-electron chi connectivity index (χ2n) is 14.1. The van der Waals surface area contributed by atoms with Crippen LogP contribution in [0.15, 0.2) is 176 Å². The van der Waals surface area contributed by atoms with Crippen LogP contribution in [0.25, 0.3) is 64.3 Å². The molecular formula is C49H35NS. The zero-order chi connectivity index (χ0) is 34.1. The van der Waals surface area contributed by atoms with Crippen LogP contribution < -0.4 is 4.90 Å². The normalized spacial score (nSPS) is 13.1. The average molecular weight is 670 g/mol. The Morgan fingerprint density at radius 1 is 0.451 bits per heavy atom. The van der Waals surface area contributed by atoms with E-state index in [1.165, 1.54) is 75.5 Å². The molecule has 0 bridgehead atoms. The first-order valence-electron chi connectivity index (χ1n) is 17.7. The summed E-state index contributed by atoms with van der Waals surface area (Å²) in [6.07, 6.45) is 0. The van der Waals surface area contributed by atoms with Crippen molar-refractivity contribution in [3.05, 3.63) is 187 Å². The van der Waals surface area contributed by atoms with E-state index in [0.29, 0.717) is 0 Å². The monoisotopic (exact) mass is 669 g/mol. The molecule has 1 heterocycles. The lowest BCUT2D eigenvalue weighted by Crippen LogP contribution is -2.15. The fourth-order valence-corrected chi connectivity index (χ4v) is 9.66. The van der Waals surface area contributed by atoms with Gasteiger partial charge in [-0.1, -0.05) is 153 Å². The molecule has 0 spiro atoms. The third-order valence-corrected chi connectivity index (χ3v) is 12.1. The zero-order valence-corrected chi connectivity index (χ0v) is 29.4. The number of thiophene rings is 1. The van der Waals surface area contributed by atoms with E-state index in [2.05, 4.69) is 195 Å². The Balaban J connectivity index is 1.16. The van der Waals surface area contributed by atoms with E-state index < -0.39 is 0 Å². The van der Waals surface area contributed by atoms with Gasteiger partial charge in [0.25, 0.3) is 0 Å². The Morgan fingerprint density at radius 3 is 1.98 bits per heavy atom. The number of anilines is 3. The molecule has 0 unspecified atom stereocenters. The molecular weight excluding hydrogens is 635 g/mol.